The Kier molecular flexibility index (Phi) is 3.23. The van der Waals surface area contributed by atoms with Crippen LogP contribution in [0.15, 0.2) is 30.9 Å². The van der Waals surface area contributed by atoms with Crippen molar-refractivity contribution in [2.24, 2.45) is 0 Å². The van der Waals surface area contributed by atoms with Crippen molar-refractivity contribution in [3.8, 4) is 0 Å². The third-order valence-corrected chi connectivity index (χ3v) is 1.80. The second-order valence-corrected chi connectivity index (χ2v) is 2.62. The molecular weight excluding hydrogens is 214 g/mol. The Morgan fingerprint density at radius 2 is 2.31 bits per heavy atom. The molecular formula is C9H9CuN3. The summed E-state index contributed by atoms with van der Waals surface area (Å²) in [6, 6.07) is 5.98. The number of aromatic nitrogens is 3. The standard InChI is InChI=1S/C9H9N3.Cu/c1-2-4-7-5-3-6-8-9(7)11-12-10-8;/h2-3,5-6H,1,4H2,(H,10,11,12);. The molecule has 0 amide bonds. The predicted octanol–water partition coefficient (Wildman–Crippen LogP) is 1.68. The van der Waals surface area contributed by atoms with Crippen molar-refractivity contribution in [1.82, 2.24) is 15.4 Å². The number of allylic oxidation sites excluding steroid dienone is 1. The van der Waals surface area contributed by atoms with Gasteiger partial charge in [0.15, 0.2) is 0 Å². The van der Waals surface area contributed by atoms with Gasteiger partial charge in [-0.05, 0) is 18.1 Å². The van der Waals surface area contributed by atoms with Crippen molar-refractivity contribution in [2.75, 3.05) is 0 Å². The summed E-state index contributed by atoms with van der Waals surface area (Å²) in [6.07, 6.45) is 2.70. The van der Waals surface area contributed by atoms with Gasteiger partial charge in [-0.3, -0.25) is 5.10 Å². The van der Waals surface area contributed by atoms with Gasteiger partial charge in [0.25, 0.3) is 0 Å². The molecule has 0 aliphatic heterocycles. The Morgan fingerprint density at radius 3 is 3.08 bits per heavy atom. The molecule has 4 heteroatoms. The first-order valence-corrected chi connectivity index (χ1v) is 3.81. The van der Waals surface area contributed by atoms with Gasteiger partial charge < -0.3 is 0 Å². The summed E-state index contributed by atoms with van der Waals surface area (Å²) < 4.78 is 0. The minimum Gasteiger partial charge on any atom is -0.258 e. The maximum atomic E-state index is 3.98. The van der Waals surface area contributed by atoms with Crippen LogP contribution < -0.4 is 0 Å². The third-order valence-electron chi connectivity index (χ3n) is 1.80. The van der Waals surface area contributed by atoms with E-state index in [9.17, 15) is 0 Å². The Hall–Kier alpha value is -1.12. The van der Waals surface area contributed by atoms with Crippen LogP contribution in [0.2, 0.25) is 0 Å². The van der Waals surface area contributed by atoms with Crippen molar-refractivity contribution >= 4 is 11.0 Å². The Balaban J connectivity index is 0.000000845. The average molecular weight is 223 g/mol. The zero-order chi connectivity index (χ0) is 8.39. The van der Waals surface area contributed by atoms with Crippen LogP contribution in [0.3, 0.4) is 0 Å². The molecule has 13 heavy (non-hydrogen) atoms. The van der Waals surface area contributed by atoms with E-state index in [0.717, 1.165) is 23.0 Å². The van der Waals surface area contributed by atoms with Gasteiger partial charge in [-0.25, -0.2) is 0 Å². The van der Waals surface area contributed by atoms with Crippen LogP contribution in [0, 0.1) is 0 Å². The van der Waals surface area contributed by atoms with Crippen LogP contribution >= 0.6 is 0 Å². The molecule has 0 aliphatic rings. The van der Waals surface area contributed by atoms with Gasteiger partial charge in [0.1, 0.15) is 5.52 Å². The van der Waals surface area contributed by atoms with Gasteiger partial charge in [0.2, 0.25) is 0 Å². The van der Waals surface area contributed by atoms with Gasteiger partial charge in [-0.1, -0.05) is 23.4 Å². The monoisotopic (exact) mass is 222 g/mol. The fourth-order valence-corrected chi connectivity index (χ4v) is 1.25. The third kappa shape index (κ3) is 1.79. The number of fused-ring (bicyclic) bond motifs is 1. The van der Waals surface area contributed by atoms with Gasteiger partial charge in [0.05, 0.1) is 5.52 Å². The minimum absolute atomic E-state index is 0. The fraction of sp³-hybridized carbons (Fsp3) is 0.111. The van der Waals surface area contributed by atoms with E-state index >= 15 is 0 Å². The molecule has 2 aromatic rings. The average Bonchev–Trinajstić information content (AvgIpc) is 2.53. The molecule has 1 N–H and O–H groups in total. The van der Waals surface area contributed by atoms with Crippen LogP contribution in [-0.4, -0.2) is 15.4 Å². The van der Waals surface area contributed by atoms with Crippen LogP contribution in [0.5, 0.6) is 0 Å². The van der Waals surface area contributed by atoms with E-state index in [1.807, 2.05) is 24.3 Å². The molecule has 1 radical (unpaired) electrons. The number of nitrogens with one attached hydrogen (secondary N) is 1. The molecule has 2 rings (SSSR count). The molecule has 0 fully saturated rings. The number of hydrogen-bond donors (Lipinski definition) is 1. The first-order valence-electron chi connectivity index (χ1n) is 3.81. The maximum absolute atomic E-state index is 3.98. The van der Waals surface area contributed by atoms with Crippen molar-refractivity contribution in [3.05, 3.63) is 36.4 Å². The van der Waals surface area contributed by atoms with Crippen molar-refractivity contribution in [2.45, 2.75) is 6.42 Å². The number of hydrogen-bond acceptors (Lipinski definition) is 2. The molecule has 0 spiro atoms. The molecule has 3 nitrogen and oxygen atoms in total. The molecule has 0 saturated carbocycles. The minimum atomic E-state index is 0. The molecule has 1 heterocycles. The zero-order valence-corrected chi connectivity index (χ0v) is 7.86. The van der Waals surface area contributed by atoms with Gasteiger partial charge in [-0.15, -0.1) is 11.7 Å². The van der Waals surface area contributed by atoms with E-state index in [1.54, 1.807) is 0 Å². The van der Waals surface area contributed by atoms with Crippen molar-refractivity contribution < 1.29 is 17.1 Å². The molecule has 0 atom stereocenters. The van der Waals surface area contributed by atoms with Gasteiger partial charge in [0, 0.05) is 17.1 Å². The summed E-state index contributed by atoms with van der Waals surface area (Å²) in [5.74, 6) is 0. The molecule has 1 aromatic heterocycles. The fourth-order valence-electron chi connectivity index (χ4n) is 1.25. The zero-order valence-electron chi connectivity index (χ0n) is 6.92. The Morgan fingerprint density at radius 1 is 1.46 bits per heavy atom. The molecule has 71 valence electrons. The van der Waals surface area contributed by atoms with Crippen LogP contribution in [0.1, 0.15) is 5.56 Å². The summed E-state index contributed by atoms with van der Waals surface area (Å²) in [5.41, 5.74) is 3.09. The second-order valence-electron chi connectivity index (χ2n) is 2.62. The van der Waals surface area contributed by atoms with E-state index in [4.69, 9.17) is 0 Å². The number of rotatable bonds is 2. The summed E-state index contributed by atoms with van der Waals surface area (Å²) >= 11 is 0. The summed E-state index contributed by atoms with van der Waals surface area (Å²) in [7, 11) is 0. The second kappa shape index (κ2) is 4.21. The van der Waals surface area contributed by atoms with Gasteiger partial charge >= 0.3 is 0 Å². The Bertz CT molecular complexity index is 408. The summed E-state index contributed by atoms with van der Waals surface area (Å²) in [4.78, 5) is 0. The largest absolute Gasteiger partial charge is 0.258 e. The quantitative estimate of drug-likeness (QED) is 0.621. The Labute approximate surface area is 86.7 Å². The van der Waals surface area contributed by atoms with E-state index in [-0.39, 0.29) is 17.1 Å². The number of nitrogens with zero attached hydrogens (tertiary/aromatic N) is 2. The SMILES string of the molecule is C=CCc1cccc2[nH]nnc12.[Cu]. The van der Waals surface area contributed by atoms with Crippen molar-refractivity contribution in [3.63, 3.8) is 0 Å². The van der Waals surface area contributed by atoms with Crippen LogP contribution in [0.4, 0.5) is 0 Å². The molecule has 0 saturated heterocycles. The van der Waals surface area contributed by atoms with E-state index in [2.05, 4.69) is 22.0 Å². The first kappa shape index (κ1) is 9.96. The molecule has 1 aromatic carbocycles. The maximum Gasteiger partial charge on any atom is 0.116 e. The predicted molar refractivity (Wildman–Crippen MR) is 47.8 cm³/mol. The summed E-state index contributed by atoms with van der Waals surface area (Å²) in [5, 5.41) is 10.5. The first-order chi connectivity index (χ1) is 5.92. The topological polar surface area (TPSA) is 41.6 Å². The van der Waals surface area contributed by atoms with Gasteiger partial charge in [-0.2, -0.15) is 0 Å². The molecule has 0 unspecified atom stereocenters. The van der Waals surface area contributed by atoms with Crippen molar-refractivity contribution in [1.29, 1.82) is 0 Å². The van der Waals surface area contributed by atoms with E-state index in [0.29, 0.717) is 0 Å². The normalized spacial score (nSPS) is 9.54. The molecule has 0 aliphatic carbocycles. The van der Waals surface area contributed by atoms with Crippen LogP contribution in [0.25, 0.3) is 11.0 Å². The number of benzene rings is 1. The number of aromatic amines is 1. The van der Waals surface area contributed by atoms with E-state index < -0.39 is 0 Å². The molecule has 0 bridgehead atoms. The van der Waals surface area contributed by atoms with Crippen LogP contribution in [-0.2, 0) is 23.5 Å². The smallest absolute Gasteiger partial charge is 0.116 e. The van der Waals surface area contributed by atoms with E-state index in [1.165, 1.54) is 0 Å². The summed E-state index contributed by atoms with van der Waals surface area (Å²) in [6.45, 7) is 3.69. The number of H-pyrrole nitrogens is 1.